The number of piperidine rings is 1. The van der Waals surface area contributed by atoms with E-state index in [9.17, 15) is 9.90 Å². The first-order chi connectivity index (χ1) is 14.5. The molecule has 3 aromatic rings. The number of esters is 1. The predicted octanol–water partition coefficient (Wildman–Crippen LogP) is 3.40. The maximum atomic E-state index is 12.8. The van der Waals surface area contributed by atoms with Crippen LogP contribution in [0, 0.1) is 12.8 Å². The van der Waals surface area contributed by atoms with E-state index in [0.717, 1.165) is 29.3 Å². The lowest BCUT2D eigenvalue weighted by atomic mass is 9.90. The van der Waals surface area contributed by atoms with E-state index in [-0.39, 0.29) is 11.9 Å². The molecule has 2 aromatic heterocycles. The lowest BCUT2D eigenvalue weighted by molar-refractivity contribution is 0.0525. The van der Waals surface area contributed by atoms with Gasteiger partial charge < -0.3 is 19.3 Å². The monoisotopic (exact) mass is 408 g/mol. The summed E-state index contributed by atoms with van der Waals surface area (Å²) in [6.45, 7) is 5.51. The molecule has 1 unspecified atom stereocenters. The lowest BCUT2D eigenvalue weighted by Crippen LogP contribution is -2.37. The van der Waals surface area contributed by atoms with Gasteiger partial charge in [-0.2, -0.15) is 0 Å². The highest BCUT2D eigenvalue weighted by Gasteiger charge is 2.31. The SMILES string of the molecule is CCOC(=O)c1c(N2CCC(C(O)c3nccn3C)CC2)nc2ccccc2c1C. The van der Waals surface area contributed by atoms with Crippen LogP contribution in [0.15, 0.2) is 36.7 Å². The second-order valence-corrected chi connectivity index (χ2v) is 7.84. The fourth-order valence-corrected chi connectivity index (χ4v) is 4.34. The summed E-state index contributed by atoms with van der Waals surface area (Å²) in [5, 5.41) is 11.7. The summed E-state index contributed by atoms with van der Waals surface area (Å²) in [4.78, 5) is 24.1. The number of anilines is 1. The van der Waals surface area contributed by atoms with Crippen LogP contribution in [0.5, 0.6) is 0 Å². The van der Waals surface area contributed by atoms with Gasteiger partial charge in [-0.3, -0.25) is 0 Å². The summed E-state index contributed by atoms with van der Waals surface area (Å²) >= 11 is 0. The van der Waals surface area contributed by atoms with Crippen LogP contribution in [0.3, 0.4) is 0 Å². The number of hydrogen-bond donors (Lipinski definition) is 1. The largest absolute Gasteiger partial charge is 0.462 e. The van der Waals surface area contributed by atoms with Crippen LogP contribution in [0.25, 0.3) is 10.9 Å². The van der Waals surface area contributed by atoms with Crippen LogP contribution in [0.1, 0.15) is 47.6 Å². The zero-order valence-electron chi connectivity index (χ0n) is 17.7. The molecule has 1 N–H and O–H groups in total. The van der Waals surface area contributed by atoms with Crippen molar-refractivity contribution in [2.24, 2.45) is 13.0 Å². The Morgan fingerprint density at radius 1 is 1.30 bits per heavy atom. The van der Waals surface area contributed by atoms with Crippen molar-refractivity contribution in [2.75, 3.05) is 24.6 Å². The second kappa shape index (κ2) is 8.44. The van der Waals surface area contributed by atoms with Crippen LogP contribution < -0.4 is 4.90 Å². The number of carbonyl (C=O) groups excluding carboxylic acids is 1. The van der Waals surface area contributed by atoms with Gasteiger partial charge in [0.25, 0.3) is 0 Å². The van der Waals surface area contributed by atoms with Gasteiger partial charge in [-0.15, -0.1) is 0 Å². The molecule has 0 bridgehead atoms. The summed E-state index contributed by atoms with van der Waals surface area (Å²) in [6, 6.07) is 7.87. The Balaban J connectivity index is 1.62. The van der Waals surface area contributed by atoms with Gasteiger partial charge in [-0.25, -0.2) is 14.8 Å². The summed E-state index contributed by atoms with van der Waals surface area (Å²) < 4.78 is 7.22. The van der Waals surface area contributed by atoms with Gasteiger partial charge in [0.05, 0.1) is 12.1 Å². The number of aromatic nitrogens is 3. The van der Waals surface area contributed by atoms with E-state index in [2.05, 4.69) is 9.88 Å². The summed E-state index contributed by atoms with van der Waals surface area (Å²) in [6.07, 6.45) is 4.55. The summed E-state index contributed by atoms with van der Waals surface area (Å²) in [5.41, 5.74) is 2.30. The third kappa shape index (κ3) is 3.65. The number of hydrogen-bond acceptors (Lipinski definition) is 6. The number of benzene rings is 1. The Morgan fingerprint density at radius 2 is 2.03 bits per heavy atom. The standard InChI is InChI=1S/C23H28N4O3/c1-4-30-23(29)19-15(2)17-7-5-6-8-18(17)25-21(19)27-12-9-16(10-13-27)20(28)22-24-11-14-26(22)3/h5-8,11,14,16,20,28H,4,9-10,12-13H2,1-3H3. The summed E-state index contributed by atoms with van der Waals surface area (Å²) in [5.74, 6) is 1.16. The fourth-order valence-electron chi connectivity index (χ4n) is 4.34. The van der Waals surface area contributed by atoms with E-state index in [1.165, 1.54) is 0 Å². The molecule has 1 aromatic carbocycles. The molecular formula is C23H28N4O3. The number of imidazole rings is 1. The number of rotatable bonds is 5. The number of aryl methyl sites for hydroxylation is 2. The van der Waals surface area contributed by atoms with E-state index in [0.29, 0.717) is 36.9 Å². The van der Waals surface area contributed by atoms with Gasteiger partial charge in [-0.05, 0) is 44.2 Å². The first kappa shape index (κ1) is 20.3. The van der Waals surface area contributed by atoms with Crippen molar-refractivity contribution in [1.82, 2.24) is 14.5 Å². The molecule has 1 aliphatic heterocycles. The van der Waals surface area contributed by atoms with Crippen molar-refractivity contribution in [2.45, 2.75) is 32.8 Å². The molecule has 1 aliphatic rings. The third-order valence-electron chi connectivity index (χ3n) is 6.02. The minimum absolute atomic E-state index is 0.120. The predicted molar refractivity (Wildman–Crippen MR) is 116 cm³/mol. The van der Waals surface area contributed by atoms with Gasteiger partial charge in [-0.1, -0.05) is 18.2 Å². The van der Waals surface area contributed by atoms with Crippen molar-refractivity contribution in [3.05, 3.63) is 53.6 Å². The Labute approximate surface area is 176 Å². The number of pyridine rings is 1. The zero-order chi connectivity index (χ0) is 21.3. The smallest absolute Gasteiger partial charge is 0.342 e. The Kier molecular flexibility index (Phi) is 5.72. The highest BCUT2D eigenvalue weighted by molar-refractivity contribution is 6.02. The molecule has 158 valence electrons. The van der Waals surface area contributed by atoms with Gasteiger partial charge >= 0.3 is 5.97 Å². The number of carbonyl (C=O) groups is 1. The molecule has 7 nitrogen and oxygen atoms in total. The van der Waals surface area contributed by atoms with Gasteiger partial charge in [0.15, 0.2) is 0 Å². The molecular weight excluding hydrogens is 380 g/mol. The molecule has 1 atom stereocenters. The molecule has 0 amide bonds. The number of fused-ring (bicyclic) bond motifs is 1. The van der Waals surface area contributed by atoms with Gasteiger partial charge in [0, 0.05) is 37.9 Å². The maximum Gasteiger partial charge on any atom is 0.342 e. The molecule has 1 fully saturated rings. The first-order valence-corrected chi connectivity index (χ1v) is 10.5. The topological polar surface area (TPSA) is 80.5 Å². The Morgan fingerprint density at radius 3 is 2.70 bits per heavy atom. The fraction of sp³-hybridized carbons (Fsp3) is 0.435. The molecule has 0 aliphatic carbocycles. The molecule has 4 rings (SSSR count). The van der Waals surface area contributed by atoms with Crippen molar-refractivity contribution in [3.8, 4) is 0 Å². The quantitative estimate of drug-likeness (QED) is 0.652. The van der Waals surface area contributed by atoms with Crippen LogP contribution in [-0.4, -0.2) is 45.3 Å². The maximum absolute atomic E-state index is 12.8. The van der Waals surface area contributed by atoms with Gasteiger partial charge in [0.2, 0.25) is 0 Å². The molecule has 0 saturated carbocycles. The van der Waals surface area contributed by atoms with Crippen LogP contribution in [0.2, 0.25) is 0 Å². The minimum Gasteiger partial charge on any atom is -0.462 e. The van der Waals surface area contributed by atoms with E-state index in [1.54, 1.807) is 6.20 Å². The second-order valence-electron chi connectivity index (χ2n) is 7.84. The molecule has 3 heterocycles. The Hall–Kier alpha value is -2.93. The number of para-hydroxylation sites is 1. The third-order valence-corrected chi connectivity index (χ3v) is 6.02. The first-order valence-electron chi connectivity index (χ1n) is 10.5. The van der Waals surface area contributed by atoms with Crippen molar-refractivity contribution >= 4 is 22.7 Å². The van der Waals surface area contributed by atoms with Crippen molar-refractivity contribution in [1.29, 1.82) is 0 Å². The zero-order valence-corrected chi connectivity index (χ0v) is 17.7. The Bertz CT molecular complexity index is 1050. The number of ether oxygens (including phenoxy) is 1. The van der Waals surface area contributed by atoms with E-state index in [1.807, 2.05) is 55.9 Å². The normalized spacial score (nSPS) is 16.1. The molecule has 7 heteroatoms. The average Bonchev–Trinajstić information content (AvgIpc) is 3.19. The van der Waals surface area contributed by atoms with Crippen LogP contribution in [-0.2, 0) is 11.8 Å². The highest BCUT2D eigenvalue weighted by atomic mass is 16.5. The van der Waals surface area contributed by atoms with E-state index in [4.69, 9.17) is 9.72 Å². The van der Waals surface area contributed by atoms with Crippen LogP contribution >= 0.6 is 0 Å². The number of nitrogens with zero attached hydrogens (tertiary/aromatic N) is 4. The number of aliphatic hydroxyl groups excluding tert-OH is 1. The minimum atomic E-state index is -0.594. The van der Waals surface area contributed by atoms with E-state index >= 15 is 0 Å². The molecule has 0 radical (unpaired) electrons. The average molecular weight is 409 g/mol. The number of aliphatic hydroxyl groups is 1. The van der Waals surface area contributed by atoms with Crippen molar-refractivity contribution < 1.29 is 14.6 Å². The van der Waals surface area contributed by atoms with Gasteiger partial charge in [0.1, 0.15) is 23.3 Å². The molecule has 30 heavy (non-hydrogen) atoms. The van der Waals surface area contributed by atoms with Crippen molar-refractivity contribution in [3.63, 3.8) is 0 Å². The highest BCUT2D eigenvalue weighted by Crippen LogP contribution is 2.35. The van der Waals surface area contributed by atoms with Crippen LogP contribution in [0.4, 0.5) is 5.82 Å². The molecule has 1 saturated heterocycles. The lowest BCUT2D eigenvalue weighted by Gasteiger charge is -2.35. The summed E-state index contributed by atoms with van der Waals surface area (Å²) in [7, 11) is 1.90. The molecule has 0 spiro atoms. The van der Waals surface area contributed by atoms with E-state index < -0.39 is 6.10 Å².